The number of hydrogen-bond acceptors (Lipinski definition) is 5. The van der Waals surface area contributed by atoms with E-state index in [1.807, 2.05) is 48.7 Å². The second-order valence-electron chi connectivity index (χ2n) is 8.30. The summed E-state index contributed by atoms with van der Waals surface area (Å²) in [6, 6.07) is 28.4. The molecule has 7 heteroatoms. The van der Waals surface area contributed by atoms with Crippen molar-refractivity contribution in [2.45, 2.75) is 0 Å². The van der Waals surface area contributed by atoms with Crippen molar-refractivity contribution in [3.63, 3.8) is 0 Å². The van der Waals surface area contributed by atoms with Crippen molar-refractivity contribution in [2.75, 3.05) is 0 Å². The van der Waals surface area contributed by atoms with Crippen LogP contribution >= 0.6 is 0 Å². The maximum Gasteiger partial charge on any atom is 0.569 e. The Morgan fingerprint density at radius 1 is 0.800 bits per heavy atom. The Labute approximate surface area is 200 Å². The summed E-state index contributed by atoms with van der Waals surface area (Å²) in [6.45, 7) is 0. The monoisotopic (exact) mass is 454 g/mol. The van der Waals surface area contributed by atoms with Crippen LogP contribution in [0.3, 0.4) is 0 Å². The fourth-order valence-electron chi connectivity index (χ4n) is 4.93. The van der Waals surface area contributed by atoms with Gasteiger partial charge < -0.3 is 18.7 Å². The summed E-state index contributed by atoms with van der Waals surface area (Å²) in [6.07, 6.45) is 3.44. The molecule has 3 heterocycles. The molecule has 0 aliphatic heterocycles. The van der Waals surface area contributed by atoms with Crippen LogP contribution in [0.25, 0.3) is 60.7 Å². The average molecular weight is 454 g/mol. The van der Waals surface area contributed by atoms with Gasteiger partial charge in [-0.3, -0.25) is 0 Å². The van der Waals surface area contributed by atoms with Gasteiger partial charge in [0.15, 0.2) is 5.58 Å². The number of rotatable bonds is 4. The van der Waals surface area contributed by atoms with E-state index in [0.29, 0.717) is 19.0 Å². The number of furan rings is 1. The molecule has 0 saturated heterocycles. The van der Waals surface area contributed by atoms with Gasteiger partial charge in [-0.1, -0.05) is 54.6 Å². The third-order valence-electron chi connectivity index (χ3n) is 6.42. The summed E-state index contributed by atoms with van der Waals surface area (Å²) in [5.74, 6) is 0.463. The van der Waals surface area contributed by atoms with Crippen LogP contribution in [-0.4, -0.2) is 27.2 Å². The maximum absolute atomic E-state index is 9.17. The van der Waals surface area contributed by atoms with Gasteiger partial charge in [-0.05, 0) is 35.9 Å². The Morgan fingerprint density at radius 2 is 1.63 bits per heavy atom. The Bertz CT molecular complexity index is 1880. The van der Waals surface area contributed by atoms with Gasteiger partial charge in [-0.2, -0.15) is 0 Å². The summed E-state index contributed by atoms with van der Waals surface area (Å²) in [5.41, 5.74) is 7.29. The highest BCUT2D eigenvalue weighted by Gasteiger charge is 2.18. The lowest BCUT2D eigenvalue weighted by Gasteiger charge is -2.08. The van der Waals surface area contributed by atoms with Gasteiger partial charge in [0.05, 0.1) is 22.7 Å². The maximum atomic E-state index is 9.17. The predicted molar refractivity (Wildman–Crippen MR) is 138 cm³/mol. The Hall–Kier alpha value is -4.62. The molecule has 0 aliphatic carbocycles. The lowest BCUT2D eigenvalue weighted by molar-refractivity contribution is 0.451. The molecule has 3 aromatic heterocycles. The van der Waals surface area contributed by atoms with Gasteiger partial charge >= 0.3 is 7.69 Å². The molecule has 0 atom stereocenters. The molecule has 4 aromatic carbocycles. The fraction of sp³-hybridized carbons (Fsp3) is 0. The highest BCUT2D eigenvalue weighted by Crippen LogP contribution is 2.40. The van der Waals surface area contributed by atoms with Gasteiger partial charge in [-0.15, -0.1) is 0 Å². The van der Waals surface area contributed by atoms with Crippen molar-refractivity contribution < 1.29 is 14.1 Å². The predicted octanol–water partition coefficient (Wildman–Crippen LogP) is 6.05. The van der Waals surface area contributed by atoms with E-state index in [2.05, 4.69) is 50.9 Å². The van der Waals surface area contributed by atoms with Crippen LogP contribution in [0.5, 0.6) is 5.75 Å². The third-order valence-corrected chi connectivity index (χ3v) is 6.42. The van der Waals surface area contributed by atoms with Crippen molar-refractivity contribution in [3.8, 4) is 22.6 Å². The molecule has 0 bridgehead atoms. The van der Waals surface area contributed by atoms with Crippen LogP contribution in [0.2, 0.25) is 0 Å². The number of fused-ring (bicyclic) bond motifs is 6. The first-order valence-electron chi connectivity index (χ1n) is 11.2. The molecule has 0 fully saturated rings. The first-order chi connectivity index (χ1) is 17.3. The van der Waals surface area contributed by atoms with Crippen molar-refractivity contribution in [2.24, 2.45) is 0 Å². The van der Waals surface area contributed by atoms with Crippen LogP contribution in [0.1, 0.15) is 0 Å². The zero-order chi connectivity index (χ0) is 23.4. The van der Waals surface area contributed by atoms with E-state index >= 15 is 0 Å². The quantitative estimate of drug-likeness (QED) is 0.328. The lowest BCUT2D eigenvalue weighted by atomic mass is 10.0. The van der Waals surface area contributed by atoms with Crippen LogP contribution < -0.4 is 4.65 Å². The first-order valence-corrected chi connectivity index (χ1v) is 11.2. The summed E-state index contributed by atoms with van der Waals surface area (Å²) in [7, 11) is 0.669. The molecule has 0 spiro atoms. The molecule has 7 rings (SSSR count). The molecular formula is C28H17BN3O3. The summed E-state index contributed by atoms with van der Waals surface area (Å²) < 4.78 is 13.8. The fourth-order valence-corrected chi connectivity index (χ4v) is 4.93. The molecule has 1 radical (unpaired) electrons. The minimum atomic E-state index is 0.463. The lowest BCUT2D eigenvalue weighted by Crippen LogP contribution is -1.99. The first kappa shape index (κ1) is 19.8. The van der Waals surface area contributed by atoms with Crippen molar-refractivity contribution in [1.82, 2.24) is 14.5 Å². The van der Waals surface area contributed by atoms with E-state index in [4.69, 9.17) is 14.1 Å². The number of para-hydroxylation sites is 3. The Balaban J connectivity index is 1.52. The van der Waals surface area contributed by atoms with Gasteiger partial charge in [0.2, 0.25) is 0 Å². The van der Waals surface area contributed by atoms with E-state index in [1.54, 1.807) is 12.4 Å². The van der Waals surface area contributed by atoms with Crippen LogP contribution in [-0.2, 0) is 0 Å². The van der Waals surface area contributed by atoms with Crippen molar-refractivity contribution in [1.29, 1.82) is 0 Å². The van der Waals surface area contributed by atoms with Crippen LogP contribution in [0.15, 0.2) is 102 Å². The topological polar surface area (TPSA) is 73.3 Å². The standard InChI is InChI=1S/C28H17BN3O3/c33-29-35-25-11-5-10-21-20-9-4-8-19(27(20)34-28(21)25)17-12-13-22-23(14-17)32(18-6-2-1-3-7-18)24-15-30-16-31-26(22)24/h1-16,33H. The minimum absolute atomic E-state index is 0.463. The zero-order valence-corrected chi connectivity index (χ0v) is 18.4. The molecular weight excluding hydrogens is 437 g/mol. The Morgan fingerprint density at radius 3 is 2.49 bits per heavy atom. The third kappa shape index (κ3) is 2.95. The van der Waals surface area contributed by atoms with Crippen molar-refractivity contribution >= 4 is 51.6 Å². The number of benzene rings is 4. The molecule has 0 unspecified atom stereocenters. The largest absolute Gasteiger partial charge is 0.569 e. The van der Waals surface area contributed by atoms with E-state index in [-0.39, 0.29) is 0 Å². The number of aromatic nitrogens is 3. The molecule has 0 saturated carbocycles. The van der Waals surface area contributed by atoms with Gasteiger partial charge in [0.25, 0.3) is 0 Å². The molecule has 7 aromatic rings. The smallest absolute Gasteiger partial charge is 0.535 e. The van der Waals surface area contributed by atoms with E-state index in [9.17, 15) is 0 Å². The molecule has 1 N–H and O–H groups in total. The number of hydrogen-bond donors (Lipinski definition) is 1. The average Bonchev–Trinajstić information content (AvgIpc) is 3.45. The number of nitrogens with zero attached hydrogens (tertiary/aromatic N) is 3. The van der Waals surface area contributed by atoms with Crippen molar-refractivity contribution in [3.05, 3.63) is 97.5 Å². The van der Waals surface area contributed by atoms with E-state index < -0.39 is 0 Å². The van der Waals surface area contributed by atoms with E-state index in [0.717, 1.165) is 55.1 Å². The van der Waals surface area contributed by atoms with Crippen LogP contribution in [0.4, 0.5) is 0 Å². The summed E-state index contributed by atoms with van der Waals surface area (Å²) in [5, 5.41) is 12.1. The normalized spacial score (nSPS) is 11.6. The second kappa shape index (κ2) is 7.72. The van der Waals surface area contributed by atoms with E-state index in [1.165, 1.54) is 0 Å². The highest BCUT2D eigenvalue weighted by molar-refractivity contribution is 6.19. The van der Waals surface area contributed by atoms with Crippen LogP contribution in [0, 0.1) is 0 Å². The SMILES string of the molecule is O[B]Oc1cccc2c1oc1c(-c3ccc4c5ncncc5n(-c5ccccc5)c4c3)cccc12. The summed E-state index contributed by atoms with van der Waals surface area (Å²) >= 11 is 0. The molecule has 0 amide bonds. The minimum Gasteiger partial charge on any atom is -0.535 e. The van der Waals surface area contributed by atoms with Gasteiger partial charge in [-0.25, -0.2) is 9.97 Å². The molecule has 0 aliphatic rings. The van der Waals surface area contributed by atoms with Gasteiger partial charge in [0, 0.05) is 27.4 Å². The Kier molecular flexibility index (Phi) is 4.37. The van der Waals surface area contributed by atoms with Gasteiger partial charge in [0.1, 0.15) is 17.7 Å². The molecule has 6 nitrogen and oxygen atoms in total. The molecule has 165 valence electrons. The zero-order valence-electron chi connectivity index (χ0n) is 18.4. The second-order valence-corrected chi connectivity index (χ2v) is 8.30. The highest BCUT2D eigenvalue weighted by atomic mass is 16.5. The molecule has 35 heavy (non-hydrogen) atoms. The summed E-state index contributed by atoms with van der Waals surface area (Å²) in [4.78, 5) is 8.86.